The highest BCUT2D eigenvalue weighted by Gasteiger charge is 2.22. The lowest BCUT2D eigenvalue weighted by Gasteiger charge is -2.23. The third-order valence-electron chi connectivity index (χ3n) is 3.75. The maximum Gasteiger partial charge on any atom is 0.240 e. The van der Waals surface area contributed by atoms with Gasteiger partial charge in [0, 0.05) is 13.1 Å². The standard InChI is InChI=1S/C15H26N2O2S/c1-6-15(3,4)11-17-20(18,19)14-9-7-8-13(10-16-5)12(14)2/h7-9,16-17H,6,10-11H2,1-5H3. The van der Waals surface area contributed by atoms with E-state index in [4.69, 9.17) is 0 Å². The zero-order valence-corrected chi connectivity index (χ0v) is 13.9. The number of benzene rings is 1. The van der Waals surface area contributed by atoms with Crippen molar-refractivity contribution in [2.75, 3.05) is 13.6 Å². The molecule has 0 saturated heterocycles. The van der Waals surface area contributed by atoms with Gasteiger partial charge in [0.15, 0.2) is 0 Å². The molecule has 20 heavy (non-hydrogen) atoms. The smallest absolute Gasteiger partial charge is 0.240 e. The Morgan fingerprint density at radius 2 is 1.90 bits per heavy atom. The summed E-state index contributed by atoms with van der Waals surface area (Å²) in [6, 6.07) is 5.40. The summed E-state index contributed by atoms with van der Waals surface area (Å²) in [6.45, 7) is 9.13. The lowest BCUT2D eigenvalue weighted by Crippen LogP contribution is -2.34. The molecule has 0 spiro atoms. The summed E-state index contributed by atoms with van der Waals surface area (Å²) >= 11 is 0. The molecule has 0 aromatic heterocycles. The Bertz CT molecular complexity index is 551. The zero-order valence-electron chi connectivity index (χ0n) is 13.1. The van der Waals surface area contributed by atoms with Crippen molar-refractivity contribution in [2.45, 2.75) is 45.6 Å². The molecule has 1 rings (SSSR count). The second kappa shape index (κ2) is 6.70. The first-order valence-corrected chi connectivity index (χ1v) is 8.44. The molecule has 0 atom stereocenters. The summed E-state index contributed by atoms with van der Waals surface area (Å²) in [4.78, 5) is 0.372. The molecule has 1 aromatic carbocycles. The molecule has 0 fully saturated rings. The fraction of sp³-hybridized carbons (Fsp3) is 0.600. The number of nitrogens with one attached hydrogen (secondary N) is 2. The van der Waals surface area contributed by atoms with E-state index in [2.05, 4.69) is 30.8 Å². The SMILES string of the molecule is CCC(C)(C)CNS(=O)(=O)c1cccc(CNC)c1C. The van der Waals surface area contributed by atoms with Crippen molar-refractivity contribution in [3.8, 4) is 0 Å². The van der Waals surface area contributed by atoms with Crippen molar-refractivity contribution in [3.63, 3.8) is 0 Å². The monoisotopic (exact) mass is 298 g/mol. The van der Waals surface area contributed by atoms with Crippen LogP contribution >= 0.6 is 0 Å². The summed E-state index contributed by atoms with van der Waals surface area (Å²) in [6.07, 6.45) is 0.925. The topological polar surface area (TPSA) is 58.2 Å². The lowest BCUT2D eigenvalue weighted by atomic mass is 9.91. The van der Waals surface area contributed by atoms with Crippen molar-refractivity contribution < 1.29 is 8.42 Å². The first-order valence-electron chi connectivity index (χ1n) is 6.96. The molecule has 0 saturated carbocycles. The van der Waals surface area contributed by atoms with Gasteiger partial charge in [0.2, 0.25) is 10.0 Å². The van der Waals surface area contributed by atoms with Crippen LogP contribution in [0, 0.1) is 12.3 Å². The van der Waals surface area contributed by atoms with Gasteiger partial charge in [-0.05, 0) is 43.0 Å². The Balaban J connectivity index is 3.01. The maximum absolute atomic E-state index is 12.4. The Morgan fingerprint density at radius 1 is 1.25 bits per heavy atom. The van der Waals surface area contributed by atoms with E-state index in [1.165, 1.54) is 0 Å². The summed E-state index contributed by atoms with van der Waals surface area (Å²) < 4.78 is 27.6. The van der Waals surface area contributed by atoms with E-state index in [0.717, 1.165) is 17.5 Å². The van der Waals surface area contributed by atoms with Crippen LogP contribution in [-0.4, -0.2) is 22.0 Å². The van der Waals surface area contributed by atoms with Gasteiger partial charge in [-0.15, -0.1) is 0 Å². The minimum atomic E-state index is -3.45. The fourth-order valence-corrected chi connectivity index (χ4v) is 3.35. The van der Waals surface area contributed by atoms with Gasteiger partial charge < -0.3 is 5.32 Å². The molecule has 114 valence electrons. The molecule has 0 unspecified atom stereocenters. The predicted molar refractivity (Wildman–Crippen MR) is 83.2 cm³/mol. The maximum atomic E-state index is 12.4. The Hall–Kier alpha value is -0.910. The second-order valence-corrected chi connectivity index (χ2v) is 7.65. The highest BCUT2D eigenvalue weighted by Crippen LogP contribution is 2.22. The molecular weight excluding hydrogens is 272 g/mol. The average Bonchev–Trinajstić information content (AvgIpc) is 2.39. The van der Waals surface area contributed by atoms with E-state index in [0.29, 0.717) is 18.0 Å². The molecule has 0 heterocycles. The van der Waals surface area contributed by atoms with Crippen LogP contribution in [0.3, 0.4) is 0 Å². The number of rotatable bonds is 7. The van der Waals surface area contributed by atoms with Crippen LogP contribution in [0.4, 0.5) is 0 Å². The highest BCUT2D eigenvalue weighted by molar-refractivity contribution is 7.89. The molecular formula is C15H26N2O2S. The van der Waals surface area contributed by atoms with Crippen molar-refractivity contribution in [1.29, 1.82) is 0 Å². The van der Waals surface area contributed by atoms with Gasteiger partial charge in [-0.2, -0.15) is 0 Å². The van der Waals surface area contributed by atoms with Crippen LogP contribution in [0.1, 0.15) is 38.3 Å². The van der Waals surface area contributed by atoms with E-state index in [9.17, 15) is 8.42 Å². The van der Waals surface area contributed by atoms with E-state index in [-0.39, 0.29) is 5.41 Å². The van der Waals surface area contributed by atoms with Crippen LogP contribution in [0.25, 0.3) is 0 Å². The third kappa shape index (κ3) is 4.30. The Labute approximate surface area is 123 Å². The van der Waals surface area contributed by atoms with Crippen LogP contribution in [-0.2, 0) is 16.6 Å². The third-order valence-corrected chi connectivity index (χ3v) is 5.30. The van der Waals surface area contributed by atoms with Crippen molar-refractivity contribution in [3.05, 3.63) is 29.3 Å². The number of hydrogen-bond acceptors (Lipinski definition) is 3. The van der Waals surface area contributed by atoms with Gasteiger partial charge >= 0.3 is 0 Å². The molecule has 4 nitrogen and oxygen atoms in total. The van der Waals surface area contributed by atoms with Gasteiger partial charge in [0.1, 0.15) is 0 Å². The molecule has 0 amide bonds. The van der Waals surface area contributed by atoms with E-state index < -0.39 is 10.0 Å². The summed E-state index contributed by atoms with van der Waals surface area (Å²) in [5.41, 5.74) is 1.78. The largest absolute Gasteiger partial charge is 0.316 e. The van der Waals surface area contributed by atoms with Crippen LogP contribution in [0.2, 0.25) is 0 Å². The predicted octanol–water partition coefficient (Wildman–Crippen LogP) is 2.43. The number of hydrogen-bond donors (Lipinski definition) is 2. The van der Waals surface area contributed by atoms with E-state index in [1.54, 1.807) is 12.1 Å². The Kier molecular flexibility index (Phi) is 5.74. The second-order valence-electron chi connectivity index (χ2n) is 5.91. The highest BCUT2D eigenvalue weighted by atomic mass is 32.2. The summed E-state index contributed by atoms with van der Waals surface area (Å²) in [5.74, 6) is 0. The van der Waals surface area contributed by atoms with Crippen LogP contribution in [0.15, 0.2) is 23.1 Å². The summed E-state index contributed by atoms with van der Waals surface area (Å²) in [5, 5.41) is 3.05. The van der Waals surface area contributed by atoms with Gasteiger partial charge in [-0.3, -0.25) is 0 Å². The van der Waals surface area contributed by atoms with E-state index >= 15 is 0 Å². The molecule has 0 radical (unpaired) electrons. The van der Waals surface area contributed by atoms with Gasteiger partial charge in [0.25, 0.3) is 0 Å². The molecule has 5 heteroatoms. The normalized spacial score (nSPS) is 12.7. The molecule has 1 aromatic rings. The van der Waals surface area contributed by atoms with Crippen LogP contribution < -0.4 is 10.0 Å². The summed E-state index contributed by atoms with van der Waals surface area (Å²) in [7, 11) is -1.60. The molecule has 0 bridgehead atoms. The number of sulfonamides is 1. The van der Waals surface area contributed by atoms with Gasteiger partial charge in [-0.25, -0.2) is 13.1 Å². The lowest BCUT2D eigenvalue weighted by molar-refractivity contribution is 0.350. The first-order chi connectivity index (χ1) is 9.23. The van der Waals surface area contributed by atoms with Gasteiger partial charge in [-0.1, -0.05) is 32.9 Å². The molecule has 0 aliphatic carbocycles. The van der Waals surface area contributed by atoms with Gasteiger partial charge in [0.05, 0.1) is 4.90 Å². The van der Waals surface area contributed by atoms with E-state index in [1.807, 2.05) is 20.0 Å². The zero-order chi connectivity index (χ0) is 15.4. The van der Waals surface area contributed by atoms with Crippen molar-refractivity contribution >= 4 is 10.0 Å². The molecule has 0 aliphatic heterocycles. The average molecular weight is 298 g/mol. The van der Waals surface area contributed by atoms with Crippen molar-refractivity contribution in [2.24, 2.45) is 5.41 Å². The minimum Gasteiger partial charge on any atom is -0.316 e. The molecule has 0 aliphatic rings. The minimum absolute atomic E-state index is 0.0381. The molecule has 2 N–H and O–H groups in total. The van der Waals surface area contributed by atoms with Crippen LogP contribution in [0.5, 0.6) is 0 Å². The van der Waals surface area contributed by atoms with Crippen molar-refractivity contribution in [1.82, 2.24) is 10.0 Å². The fourth-order valence-electron chi connectivity index (χ4n) is 1.83. The quantitative estimate of drug-likeness (QED) is 0.813. The first kappa shape index (κ1) is 17.1. The Morgan fingerprint density at radius 3 is 2.45 bits per heavy atom.